The Morgan fingerprint density at radius 1 is 1.17 bits per heavy atom. The molecule has 3 aromatic heterocycles. The summed E-state index contributed by atoms with van der Waals surface area (Å²) in [6, 6.07) is 8.02. The first-order valence-electron chi connectivity index (χ1n) is 10.4. The zero-order valence-electron chi connectivity index (χ0n) is 17.1. The quantitative estimate of drug-likeness (QED) is 0.528. The molecule has 2 N–H and O–H groups in total. The summed E-state index contributed by atoms with van der Waals surface area (Å²) < 4.78 is 7.20. The van der Waals surface area contributed by atoms with E-state index in [9.17, 15) is 0 Å². The maximum atomic E-state index is 5.40. The van der Waals surface area contributed by atoms with Crippen LogP contribution in [0.25, 0.3) is 16.7 Å². The Labute approximate surface area is 173 Å². The Morgan fingerprint density at radius 3 is 2.73 bits per heavy atom. The van der Waals surface area contributed by atoms with Crippen LogP contribution in [0.2, 0.25) is 0 Å². The molecule has 0 atom stereocenters. The van der Waals surface area contributed by atoms with Crippen molar-refractivity contribution in [1.29, 1.82) is 0 Å². The van der Waals surface area contributed by atoms with E-state index >= 15 is 0 Å². The van der Waals surface area contributed by atoms with Gasteiger partial charge in [-0.25, -0.2) is 4.98 Å². The van der Waals surface area contributed by atoms with Crippen LogP contribution < -0.4 is 10.2 Å². The molecule has 0 unspecified atom stereocenters. The first-order valence-corrected chi connectivity index (χ1v) is 10.4. The molecule has 0 radical (unpaired) electrons. The molecule has 5 heterocycles. The second-order valence-electron chi connectivity index (χ2n) is 8.74. The maximum Gasteiger partial charge on any atom is 0.230 e. The van der Waals surface area contributed by atoms with Gasteiger partial charge in [0.25, 0.3) is 0 Å². The molecule has 1 spiro atoms. The molecule has 6 rings (SSSR count). The molecule has 0 aliphatic carbocycles. The number of hydrogen-bond acceptors (Lipinski definition) is 7. The summed E-state index contributed by atoms with van der Waals surface area (Å²) in [7, 11) is 0. The Balaban J connectivity index is 1.33. The van der Waals surface area contributed by atoms with Gasteiger partial charge in [0.05, 0.1) is 42.4 Å². The number of H-pyrrole nitrogens is 1. The van der Waals surface area contributed by atoms with E-state index in [-0.39, 0.29) is 0 Å². The Kier molecular flexibility index (Phi) is 3.76. The van der Waals surface area contributed by atoms with Crippen molar-refractivity contribution in [2.45, 2.75) is 26.3 Å². The lowest BCUT2D eigenvalue weighted by atomic mass is 9.78. The van der Waals surface area contributed by atoms with E-state index in [1.54, 1.807) is 4.52 Å². The van der Waals surface area contributed by atoms with E-state index in [1.807, 2.05) is 30.5 Å². The highest BCUT2D eigenvalue weighted by atomic mass is 16.5. The van der Waals surface area contributed by atoms with Crippen molar-refractivity contribution in [3.8, 4) is 0 Å². The summed E-state index contributed by atoms with van der Waals surface area (Å²) in [4.78, 5) is 19.9. The molecule has 0 saturated carbocycles. The van der Waals surface area contributed by atoms with Gasteiger partial charge >= 0.3 is 0 Å². The summed E-state index contributed by atoms with van der Waals surface area (Å²) in [5.41, 5.74) is 4.26. The topological polar surface area (TPSA) is 96.3 Å². The highest BCUT2D eigenvalue weighted by Crippen LogP contribution is 2.39. The van der Waals surface area contributed by atoms with Gasteiger partial charge in [-0.1, -0.05) is 26.0 Å². The van der Waals surface area contributed by atoms with Crippen LogP contribution >= 0.6 is 0 Å². The van der Waals surface area contributed by atoms with Gasteiger partial charge in [0.15, 0.2) is 5.65 Å². The van der Waals surface area contributed by atoms with Gasteiger partial charge in [-0.05, 0) is 18.1 Å². The predicted octanol–water partition coefficient (Wildman–Crippen LogP) is 2.57. The number of nitrogens with one attached hydrogen (secondary N) is 2. The highest BCUT2D eigenvalue weighted by Gasteiger charge is 2.50. The fourth-order valence-electron chi connectivity index (χ4n) is 4.28. The number of benzene rings is 1. The van der Waals surface area contributed by atoms with E-state index in [1.165, 1.54) is 0 Å². The smallest absolute Gasteiger partial charge is 0.230 e. The molecule has 154 valence electrons. The molecule has 9 heteroatoms. The fourth-order valence-corrected chi connectivity index (χ4v) is 4.28. The number of nitrogens with zero attached hydrogens (tertiary/aromatic N) is 6. The Bertz CT molecular complexity index is 1200. The standard InChI is InChI=1S/C21H24N8O/c1-13(2)14-7-23-29-18(14)26-20(28-9-21(10-28)11-30-12-21)27-19(29)22-8-17-24-15-5-3-4-6-16(15)25-17/h3-7,13H,8-12H2,1-2H3,(H,24,25)(H,22,26,27). The van der Waals surface area contributed by atoms with Gasteiger partial charge in [0.1, 0.15) is 5.82 Å². The van der Waals surface area contributed by atoms with Crippen LogP contribution in [0.1, 0.15) is 31.2 Å². The summed E-state index contributed by atoms with van der Waals surface area (Å²) in [5, 5.41) is 7.97. The molecule has 30 heavy (non-hydrogen) atoms. The summed E-state index contributed by atoms with van der Waals surface area (Å²) >= 11 is 0. The average molecular weight is 404 g/mol. The minimum absolute atomic E-state index is 0.304. The van der Waals surface area contributed by atoms with Gasteiger partial charge in [-0.15, -0.1) is 0 Å². The largest absolute Gasteiger partial charge is 0.380 e. The molecule has 1 aromatic carbocycles. The zero-order valence-corrected chi connectivity index (χ0v) is 17.1. The minimum Gasteiger partial charge on any atom is -0.380 e. The van der Waals surface area contributed by atoms with Gasteiger partial charge in [-0.3, -0.25) is 0 Å². The summed E-state index contributed by atoms with van der Waals surface area (Å²) in [6.07, 6.45) is 1.89. The van der Waals surface area contributed by atoms with E-state index in [0.29, 0.717) is 23.8 Å². The molecule has 2 saturated heterocycles. The van der Waals surface area contributed by atoms with Gasteiger partial charge in [0, 0.05) is 18.7 Å². The van der Waals surface area contributed by atoms with Crippen LogP contribution in [0.5, 0.6) is 0 Å². The molecule has 0 bridgehead atoms. The number of fused-ring (bicyclic) bond motifs is 2. The number of para-hydroxylation sites is 2. The lowest BCUT2D eigenvalue weighted by molar-refractivity contribution is -0.127. The zero-order chi connectivity index (χ0) is 20.3. The third-order valence-electron chi connectivity index (χ3n) is 6.01. The van der Waals surface area contributed by atoms with Crippen LogP contribution in [-0.2, 0) is 11.3 Å². The van der Waals surface area contributed by atoms with Gasteiger partial charge < -0.3 is 19.9 Å². The summed E-state index contributed by atoms with van der Waals surface area (Å²) in [6.45, 7) is 8.40. The monoisotopic (exact) mass is 404 g/mol. The van der Waals surface area contributed by atoms with Crippen LogP contribution in [-0.4, -0.2) is 55.9 Å². The Hall–Kier alpha value is -3.20. The lowest BCUT2D eigenvalue weighted by Crippen LogP contribution is -2.66. The second kappa shape index (κ2) is 6.40. The van der Waals surface area contributed by atoms with Crippen LogP contribution in [0, 0.1) is 5.41 Å². The SMILES string of the molecule is CC(C)c1cnn2c(NCc3nc4ccccc4[nH]3)nc(N3CC4(COC4)C3)nc12. The van der Waals surface area contributed by atoms with Crippen molar-refractivity contribution < 1.29 is 4.74 Å². The number of ether oxygens (including phenoxy) is 1. The predicted molar refractivity (Wildman–Crippen MR) is 114 cm³/mol. The first-order chi connectivity index (χ1) is 14.6. The lowest BCUT2D eigenvalue weighted by Gasteiger charge is -2.54. The molecule has 0 amide bonds. The third kappa shape index (κ3) is 2.72. The highest BCUT2D eigenvalue weighted by molar-refractivity contribution is 5.74. The molecule has 4 aromatic rings. The van der Waals surface area contributed by atoms with Gasteiger partial charge in [0.2, 0.25) is 11.9 Å². The van der Waals surface area contributed by atoms with Crippen molar-refractivity contribution >= 4 is 28.6 Å². The molecular weight excluding hydrogens is 380 g/mol. The maximum absolute atomic E-state index is 5.40. The van der Waals surface area contributed by atoms with Gasteiger partial charge in [-0.2, -0.15) is 19.6 Å². The van der Waals surface area contributed by atoms with E-state index in [4.69, 9.17) is 14.7 Å². The van der Waals surface area contributed by atoms with Crippen molar-refractivity contribution in [3.05, 3.63) is 41.9 Å². The molecule has 2 aliphatic heterocycles. The summed E-state index contributed by atoms with van der Waals surface area (Å²) in [5.74, 6) is 2.61. The van der Waals surface area contributed by atoms with Crippen molar-refractivity contribution in [3.63, 3.8) is 0 Å². The number of aromatic nitrogens is 6. The van der Waals surface area contributed by atoms with E-state index < -0.39 is 0 Å². The second-order valence-corrected chi connectivity index (χ2v) is 8.74. The minimum atomic E-state index is 0.304. The van der Waals surface area contributed by atoms with Crippen LogP contribution in [0.4, 0.5) is 11.9 Å². The van der Waals surface area contributed by atoms with Crippen molar-refractivity contribution in [1.82, 2.24) is 29.5 Å². The third-order valence-corrected chi connectivity index (χ3v) is 6.01. The number of anilines is 2. The molecule has 2 aliphatic rings. The first kappa shape index (κ1) is 17.6. The van der Waals surface area contributed by atoms with Crippen LogP contribution in [0.15, 0.2) is 30.5 Å². The normalized spacial score (nSPS) is 17.6. The van der Waals surface area contributed by atoms with Crippen LogP contribution in [0.3, 0.4) is 0 Å². The molecular formula is C21H24N8O. The van der Waals surface area contributed by atoms with Crippen molar-refractivity contribution in [2.24, 2.45) is 5.41 Å². The average Bonchev–Trinajstić information content (AvgIpc) is 3.27. The van der Waals surface area contributed by atoms with Crippen molar-refractivity contribution in [2.75, 3.05) is 36.5 Å². The fraction of sp³-hybridized carbons (Fsp3) is 0.429. The van der Waals surface area contributed by atoms with E-state index in [2.05, 4.69) is 39.1 Å². The number of aromatic amines is 1. The molecule has 9 nitrogen and oxygen atoms in total. The van der Waals surface area contributed by atoms with E-state index in [0.717, 1.165) is 60.3 Å². The Morgan fingerprint density at radius 2 is 2.00 bits per heavy atom. The number of hydrogen-bond donors (Lipinski definition) is 2. The number of imidazole rings is 1. The molecule has 2 fully saturated rings. The number of rotatable bonds is 5.